The molecule has 1 aliphatic rings. The molecular formula is C18H24N2O2. The predicted octanol–water partition coefficient (Wildman–Crippen LogP) is 2.39. The normalized spacial score (nSPS) is 15.4. The van der Waals surface area contributed by atoms with Crippen molar-refractivity contribution in [1.29, 1.82) is 0 Å². The fourth-order valence-electron chi connectivity index (χ4n) is 3.01. The molecule has 2 rings (SSSR count). The maximum Gasteiger partial charge on any atom is 0.243 e. The van der Waals surface area contributed by atoms with Gasteiger partial charge in [0.15, 0.2) is 0 Å². The second kappa shape index (κ2) is 7.78. The van der Waals surface area contributed by atoms with Crippen LogP contribution in [0.15, 0.2) is 36.9 Å². The highest BCUT2D eigenvalue weighted by atomic mass is 16.2. The minimum Gasteiger partial charge on any atom is -0.352 e. The summed E-state index contributed by atoms with van der Waals surface area (Å²) >= 11 is 0. The molecule has 0 radical (unpaired) electrons. The van der Waals surface area contributed by atoms with Gasteiger partial charge in [0.1, 0.15) is 0 Å². The van der Waals surface area contributed by atoms with Crippen LogP contribution in [0.1, 0.15) is 36.3 Å². The van der Waals surface area contributed by atoms with Gasteiger partial charge < -0.3 is 10.2 Å². The van der Waals surface area contributed by atoms with Crippen LogP contribution in [0.3, 0.4) is 0 Å². The first-order valence-corrected chi connectivity index (χ1v) is 7.85. The van der Waals surface area contributed by atoms with E-state index in [1.165, 1.54) is 17.2 Å². The third kappa shape index (κ3) is 4.20. The summed E-state index contributed by atoms with van der Waals surface area (Å²) in [6.07, 6.45) is 3.60. The number of amides is 2. The highest BCUT2D eigenvalue weighted by Crippen LogP contribution is 2.30. The molecule has 1 aromatic rings. The number of likely N-dealkylation sites (tertiary alicyclic amines) is 1. The zero-order chi connectivity index (χ0) is 15.9. The van der Waals surface area contributed by atoms with Crippen molar-refractivity contribution in [3.05, 3.63) is 48.0 Å². The van der Waals surface area contributed by atoms with Crippen LogP contribution in [0.25, 0.3) is 0 Å². The standard InChI is InChI=1S/C18H24N2O2/c1-3-17(21)19-11-8-18(22)20-12-9-15(10-13-20)16-7-5-4-6-14(16)2/h3-7,15H,1,8-13H2,2H3,(H,19,21). The van der Waals surface area contributed by atoms with Crippen molar-refractivity contribution >= 4 is 11.8 Å². The Morgan fingerprint density at radius 3 is 2.64 bits per heavy atom. The molecule has 1 aliphatic heterocycles. The number of carbonyl (C=O) groups is 2. The molecule has 0 unspecified atom stereocenters. The van der Waals surface area contributed by atoms with Crippen molar-refractivity contribution in [2.45, 2.75) is 32.1 Å². The summed E-state index contributed by atoms with van der Waals surface area (Å²) in [4.78, 5) is 25.1. The minimum absolute atomic E-state index is 0.118. The summed E-state index contributed by atoms with van der Waals surface area (Å²) in [7, 11) is 0. The highest BCUT2D eigenvalue weighted by molar-refractivity contribution is 5.87. The zero-order valence-electron chi connectivity index (χ0n) is 13.2. The molecule has 0 aliphatic carbocycles. The Labute approximate surface area is 132 Å². The molecule has 0 saturated carbocycles. The molecular weight excluding hydrogens is 276 g/mol. The maximum atomic E-state index is 12.1. The monoisotopic (exact) mass is 300 g/mol. The predicted molar refractivity (Wildman–Crippen MR) is 87.6 cm³/mol. The Balaban J connectivity index is 1.79. The van der Waals surface area contributed by atoms with E-state index in [4.69, 9.17) is 0 Å². The molecule has 1 saturated heterocycles. The lowest BCUT2D eigenvalue weighted by Crippen LogP contribution is -2.39. The van der Waals surface area contributed by atoms with Crippen LogP contribution in [-0.4, -0.2) is 36.3 Å². The van der Waals surface area contributed by atoms with E-state index in [2.05, 4.69) is 43.1 Å². The summed E-state index contributed by atoms with van der Waals surface area (Å²) in [5.41, 5.74) is 2.74. The molecule has 22 heavy (non-hydrogen) atoms. The van der Waals surface area contributed by atoms with Crippen LogP contribution in [0.5, 0.6) is 0 Å². The number of hydrogen-bond acceptors (Lipinski definition) is 2. The summed E-state index contributed by atoms with van der Waals surface area (Å²) in [6, 6.07) is 8.49. The van der Waals surface area contributed by atoms with Gasteiger partial charge in [-0.3, -0.25) is 9.59 Å². The number of hydrogen-bond donors (Lipinski definition) is 1. The van der Waals surface area contributed by atoms with Gasteiger partial charge in [0, 0.05) is 26.1 Å². The molecule has 4 heteroatoms. The molecule has 0 atom stereocenters. The summed E-state index contributed by atoms with van der Waals surface area (Å²) < 4.78 is 0. The molecule has 1 heterocycles. The first-order chi connectivity index (χ1) is 10.6. The third-order valence-electron chi connectivity index (χ3n) is 4.30. The lowest BCUT2D eigenvalue weighted by Gasteiger charge is -2.33. The van der Waals surface area contributed by atoms with Crippen molar-refractivity contribution in [1.82, 2.24) is 10.2 Å². The second-order valence-electron chi connectivity index (χ2n) is 5.76. The van der Waals surface area contributed by atoms with E-state index in [-0.39, 0.29) is 11.8 Å². The number of carbonyl (C=O) groups excluding carboxylic acids is 2. The summed E-state index contributed by atoms with van der Waals surface area (Å²) in [6.45, 7) is 7.51. The van der Waals surface area contributed by atoms with Crippen LogP contribution in [0, 0.1) is 6.92 Å². The number of piperidine rings is 1. The molecule has 4 nitrogen and oxygen atoms in total. The van der Waals surface area contributed by atoms with E-state index in [0.29, 0.717) is 18.9 Å². The first-order valence-electron chi connectivity index (χ1n) is 7.85. The van der Waals surface area contributed by atoms with Gasteiger partial charge in [-0.2, -0.15) is 0 Å². The topological polar surface area (TPSA) is 49.4 Å². The molecule has 1 fully saturated rings. The Bertz CT molecular complexity index is 546. The quantitative estimate of drug-likeness (QED) is 0.849. The van der Waals surface area contributed by atoms with Crippen molar-refractivity contribution in [3.8, 4) is 0 Å². The largest absolute Gasteiger partial charge is 0.352 e. The van der Waals surface area contributed by atoms with Crippen molar-refractivity contribution in [2.75, 3.05) is 19.6 Å². The molecule has 2 amide bonds. The van der Waals surface area contributed by atoms with E-state index in [9.17, 15) is 9.59 Å². The lowest BCUT2D eigenvalue weighted by molar-refractivity contribution is -0.132. The molecule has 1 N–H and O–H groups in total. The smallest absolute Gasteiger partial charge is 0.243 e. The van der Waals surface area contributed by atoms with Crippen molar-refractivity contribution < 1.29 is 9.59 Å². The van der Waals surface area contributed by atoms with E-state index in [1.54, 1.807) is 0 Å². The second-order valence-corrected chi connectivity index (χ2v) is 5.76. The molecule has 0 bridgehead atoms. The number of nitrogens with zero attached hydrogens (tertiary/aromatic N) is 1. The van der Waals surface area contributed by atoms with E-state index in [1.807, 2.05) is 4.90 Å². The fraction of sp³-hybridized carbons (Fsp3) is 0.444. The Kier molecular flexibility index (Phi) is 5.75. The highest BCUT2D eigenvalue weighted by Gasteiger charge is 2.24. The average molecular weight is 300 g/mol. The Morgan fingerprint density at radius 1 is 1.32 bits per heavy atom. The summed E-state index contributed by atoms with van der Waals surface area (Å²) in [5, 5.41) is 2.64. The van der Waals surface area contributed by atoms with Gasteiger partial charge in [-0.25, -0.2) is 0 Å². The number of nitrogens with one attached hydrogen (secondary N) is 1. The maximum absolute atomic E-state index is 12.1. The van der Waals surface area contributed by atoms with Crippen molar-refractivity contribution in [3.63, 3.8) is 0 Å². The minimum atomic E-state index is -0.230. The first kappa shape index (κ1) is 16.3. The summed E-state index contributed by atoms with van der Waals surface area (Å²) in [5.74, 6) is 0.435. The Hall–Kier alpha value is -2.10. The SMILES string of the molecule is C=CC(=O)NCCC(=O)N1CCC(c2ccccc2C)CC1. The van der Waals surface area contributed by atoms with Gasteiger partial charge >= 0.3 is 0 Å². The van der Waals surface area contributed by atoms with E-state index >= 15 is 0 Å². The number of rotatable bonds is 5. The fourth-order valence-corrected chi connectivity index (χ4v) is 3.01. The van der Waals surface area contributed by atoms with Crippen LogP contribution in [0.4, 0.5) is 0 Å². The third-order valence-corrected chi connectivity index (χ3v) is 4.30. The lowest BCUT2D eigenvalue weighted by atomic mass is 9.87. The van der Waals surface area contributed by atoms with Gasteiger partial charge in [0.05, 0.1) is 0 Å². The van der Waals surface area contributed by atoms with E-state index < -0.39 is 0 Å². The van der Waals surface area contributed by atoms with Gasteiger partial charge in [-0.1, -0.05) is 30.8 Å². The van der Waals surface area contributed by atoms with Gasteiger partial charge in [0.2, 0.25) is 11.8 Å². The number of aryl methyl sites for hydroxylation is 1. The molecule has 0 aromatic heterocycles. The van der Waals surface area contributed by atoms with Crippen LogP contribution >= 0.6 is 0 Å². The van der Waals surface area contributed by atoms with Gasteiger partial charge in [-0.15, -0.1) is 0 Å². The van der Waals surface area contributed by atoms with Gasteiger partial charge in [0.25, 0.3) is 0 Å². The Morgan fingerprint density at radius 2 is 2.00 bits per heavy atom. The average Bonchev–Trinajstić information content (AvgIpc) is 2.55. The molecule has 1 aromatic carbocycles. The van der Waals surface area contributed by atoms with Gasteiger partial charge in [-0.05, 0) is 42.9 Å². The molecule has 0 spiro atoms. The van der Waals surface area contributed by atoms with Crippen LogP contribution in [0.2, 0.25) is 0 Å². The van der Waals surface area contributed by atoms with Crippen molar-refractivity contribution in [2.24, 2.45) is 0 Å². The van der Waals surface area contributed by atoms with Crippen LogP contribution < -0.4 is 5.32 Å². The molecule has 118 valence electrons. The number of benzene rings is 1. The zero-order valence-corrected chi connectivity index (χ0v) is 13.2. The van der Waals surface area contributed by atoms with Crippen LogP contribution in [-0.2, 0) is 9.59 Å². The van der Waals surface area contributed by atoms with E-state index in [0.717, 1.165) is 25.9 Å².